The summed E-state index contributed by atoms with van der Waals surface area (Å²) in [5.74, 6) is -0.653. The molecule has 0 spiro atoms. The number of aliphatic hydroxyl groups is 1. The van der Waals surface area contributed by atoms with E-state index in [4.69, 9.17) is 16.2 Å². The maximum Gasteiger partial charge on any atom is 0.273 e. The minimum Gasteiger partial charge on any atom is -0.390 e. The quantitative estimate of drug-likeness (QED) is 0.545. The van der Waals surface area contributed by atoms with Crippen LogP contribution in [-0.2, 0) is 11.3 Å². The molecule has 2 rings (SSSR count). The first-order valence-electron chi connectivity index (χ1n) is 6.05. The number of anilines is 1. The average Bonchev–Trinajstić information content (AvgIpc) is 2.72. The molecule has 0 radical (unpaired) electrons. The standard InChI is InChI=1S/C10H18N6O3/c11-9-8(10(12)18)13-14-16(9)6-7(17)5-15-1-3-19-4-2-15/h7,17H,1-6,11H2,(H2,12,18). The van der Waals surface area contributed by atoms with Gasteiger partial charge in [0.15, 0.2) is 11.5 Å². The first kappa shape index (κ1) is 13.7. The van der Waals surface area contributed by atoms with Crippen LogP contribution < -0.4 is 11.5 Å². The van der Waals surface area contributed by atoms with Crippen LogP contribution in [0.3, 0.4) is 0 Å². The van der Waals surface area contributed by atoms with E-state index in [9.17, 15) is 9.90 Å². The Hall–Kier alpha value is -1.71. The Morgan fingerprint density at radius 2 is 2.11 bits per heavy atom. The van der Waals surface area contributed by atoms with Gasteiger partial charge in [-0.05, 0) is 0 Å². The summed E-state index contributed by atoms with van der Waals surface area (Å²) in [6.45, 7) is 3.58. The number of hydrogen-bond donors (Lipinski definition) is 3. The van der Waals surface area contributed by atoms with Crippen molar-refractivity contribution in [2.24, 2.45) is 5.73 Å². The van der Waals surface area contributed by atoms with Crippen molar-refractivity contribution in [2.75, 3.05) is 38.6 Å². The van der Waals surface area contributed by atoms with Crippen LogP contribution in [0.2, 0.25) is 0 Å². The smallest absolute Gasteiger partial charge is 0.273 e. The molecule has 1 atom stereocenters. The SMILES string of the molecule is NC(=O)c1nnn(CC(O)CN2CCOCC2)c1N. The van der Waals surface area contributed by atoms with Crippen molar-refractivity contribution in [3.63, 3.8) is 0 Å². The highest BCUT2D eigenvalue weighted by atomic mass is 16.5. The molecule has 0 aliphatic carbocycles. The molecule has 0 bridgehead atoms. The largest absolute Gasteiger partial charge is 0.390 e. The van der Waals surface area contributed by atoms with Crippen molar-refractivity contribution in [3.05, 3.63) is 5.69 Å². The van der Waals surface area contributed by atoms with Crippen molar-refractivity contribution < 1.29 is 14.6 Å². The maximum atomic E-state index is 11.0. The lowest BCUT2D eigenvalue weighted by molar-refractivity contribution is 0.0108. The van der Waals surface area contributed by atoms with Gasteiger partial charge in [-0.15, -0.1) is 5.10 Å². The molecule has 5 N–H and O–H groups in total. The number of carbonyl (C=O) groups excluding carboxylic acids is 1. The molecule has 1 aromatic heterocycles. The third-order valence-corrected chi connectivity index (χ3v) is 2.96. The van der Waals surface area contributed by atoms with Crippen molar-refractivity contribution in [3.8, 4) is 0 Å². The van der Waals surface area contributed by atoms with Gasteiger partial charge in [0.1, 0.15) is 0 Å². The summed E-state index contributed by atoms with van der Waals surface area (Å²) >= 11 is 0. The van der Waals surface area contributed by atoms with Gasteiger partial charge in [0.25, 0.3) is 5.91 Å². The van der Waals surface area contributed by atoms with E-state index in [2.05, 4.69) is 15.2 Å². The number of β-amino-alcohol motifs (C(OH)–C–C–N with tert-alkyl or cyclic N) is 1. The molecular formula is C10H18N6O3. The van der Waals surface area contributed by atoms with Crippen LogP contribution in [0.15, 0.2) is 0 Å². The second-order valence-corrected chi connectivity index (χ2v) is 4.44. The van der Waals surface area contributed by atoms with Crippen molar-refractivity contribution in [2.45, 2.75) is 12.6 Å². The van der Waals surface area contributed by atoms with Crippen LogP contribution in [0.1, 0.15) is 10.5 Å². The number of morpholine rings is 1. The number of hydrogen-bond acceptors (Lipinski definition) is 7. The summed E-state index contributed by atoms with van der Waals surface area (Å²) < 4.78 is 6.51. The molecule has 106 valence electrons. The molecule has 0 aromatic carbocycles. The predicted molar refractivity (Wildman–Crippen MR) is 66.2 cm³/mol. The molecule has 19 heavy (non-hydrogen) atoms. The van der Waals surface area contributed by atoms with Crippen LogP contribution in [-0.4, -0.2) is 69.9 Å². The van der Waals surface area contributed by atoms with E-state index < -0.39 is 12.0 Å². The fourth-order valence-corrected chi connectivity index (χ4v) is 1.97. The number of amides is 1. The molecule has 1 aromatic rings. The predicted octanol–water partition coefficient (Wildman–Crippen LogP) is -2.35. The first-order chi connectivity index (χ1) is 9.08. The highest BCUT2D eigenvalue weighted by molar-refractivity contribution is 5.94. The van der Waals surface area contributed by atoms with Gasteiger partial charge in [0.2, 0.25) is 0 Å². The number of primary amides is 1. The number of nitrogens with two attached hydrogens (primary N) is 2. The van der Waals surface area contributed by atoms with Gasteiger partial charge in [-0.2, -0.15) is 0 Å². The molecule has 1 aliphatic rings. The van der Waals surface area contributed by atoms with Gasteiger partial charge in [-0.3, -0.25) is 9.69 Å². The summed E-state index contributed by atoms with van der Waals surface area (Å²) in [6.07, 6.45) is -0.650. The summed E-state index contributed by atoms with van der Waals surface area (Å²) in [4.78, 5) is 13.1. The van der Waals surface area contributed by atoms with Gasteiger partial charge in [0.05, 0.1) is 25.9 Å². The fraction of sp³-hybridized carbons (Fsp3) is 0.700. The number of rotatable bonds is 5. The molecule has 1 aliphatic heterocycles. The number of aliphatic hydroxyl groups excluding tert-OH is 1. The molecule has 9 heteroatoms. The van der Waals surface area contributed by atoms with E-state index in [0.717, 1.165) is 13.1 Å². The van der Waals surface area contributed by atoms with E-state index in [0.29, 0.717) is 19.8 Å². The van der Waals surface area contributed by atoms with E-state index in [1.165, 1.54) is 4.68 Å². The minimum absolute atomic E-state index is 0.0708. The Labute approximate surface area is 110 Å². The molecule has 9 nitrogen and oxygen atoms in total. The maximum absolute atomic E-state index is 11.0. The second-order valence-electron chi connectivity index (χ2n) is 4.44. The lowest BCUT2D eigenvalue weighted by Crippen LogP contribution is -2.42. The van der Waals surface area contributed by atoms with Crippen molar-refractivity contribution in [1.82, 2.24) is 19.9 Å². The Balaban J connectivity index is 1.91. The zero-order valence-corrected chi connectivity index (χ0v) is 10.5. The molecule has 2 heterocycles. The third kappa shape index (κ3) is 3.40. The van der Waals surface area contributed by atoms with Gasteiger partial charge < -0.3 is 21.3 Å². The van der Waals surface area contributed by atoms with Crippen LogP contribution in [0.5, 0.6) is 0 Å². The van der Waals surface area contributed by atoms with Gasteiger partial charge >= 0.3 is 0 Å². The Bertz CT molecular complexity index is 442. The number of nitrogen functional groups attached to an aromatic ring is 1. The monoisotopic (exact) mass is 270 g/mol. The van der Waals surface area contributed by atoms with Gasteiger partial charge in [0, 0.05) is 19.6 Å². The highest BCUT2D eigenvalue weighted by Gasteiger charge is 2.19. The fourth-order valence-electron chi connectivity index (χ4n) is 1.97. The first-order valence-corrected chi connectivity index (χ1v) is 6.05. The third-order valence-electron chi connectivity index (χ3n) is 2.96. The summed E-state index contributed by atoms with van der Waals surface area (Å²) in [7, 11) is 0. The molecular weight excluding hydrogens is 252 g/mol. The summed E-state index contributed by atoms with van der Waals surface area (Å²) in [5.41, 5.74) is 10.7. The average molecular weight is 270 g/mol. The number of nitrogens with zero attached hydrogens (tertiary/aromatic N) is 4. The van der Waals surface area contributed by atoms with Crippen LogP contribution in [0.25, 0.3) is 0 Å². The zero-order valence-electron chi connectivity index (χ0n) is 10.5. The number of aromatic nitrogens is 3. The molecule has 1 saturated heterocycles. The van der Waals surface area contributed by atoms with E-state index >= 15 is 0 Å². The summed E-state index contributed by atoms with van der Waals surface area (Å²) in [5, 5.41) is 17.3. The molecule has 1 unspecified atom stereocenters. The van der Waals surface area contributed by atoms with E-state index in [-0.39, 0.29) is 18.1 Å². The van der Waals surface area contributed by atoms with Crippen LogP contribution in [0.4, 0.5) is 5.82 Å². The second kappa shape index (κ2) is 5.95. The Morgan fingerprint density at radius 1 is 1.42 bits per heavy atom. The van der Waals surface area contributed by atoms with Crippen molar-refractivity contribution in [1.29, 1.82) is 0 Å². The zero-order chi connectivity index (χ0) is 13.8. The summed E-state index contributed by atoms with van der Waals surface area (Å²) in [6, 6.07) is 0. The highest BCUT2D eigenvalue weighted by Crippen LogP contribution is 2.08. The Morgan fingerprint density at radius 3 is 2.68 bits per heavy atom. The van der Waals surface area contributed by atoms with Gasteiger partial charge in [-0.1, -0.05) is 5.21 Å². The number of ether oxygens (including phenoxy) is 1. The topological polar surface area (TPSA) is 133 Å². The Kier molecular flexibility index (Phi) is 4.30. The van der Waals surface area contributed by atoms with Crippen LogP contribution in [0, 0.1) is 0 Å². The normalized spacial score (nSPS) is 18.4. The van der Waals surface area contributed by atoms with Crippen molar-refractivity contribution >= 4 is 11.7 Å². The van der Waals surface area contributed by atoms with E-state index in [1.54, 1.807) is 0 Å². The van der Waals surface area contributed by atoms with Crippen LogP contribution >= 0.6 is 0 Å². The number of carbonyl (C=O) groups is 1. The molecule has 1 fully saturated rings. The minimum atomic E-state index is -0.730. The van der Waals surface area contributed by atoms with Gasteiger partial charge in [-0.25, -0.2) is 4.68 Å². The molecule has 1 amide bonds. The lowest BCUT2D eigenvalue weighted by atomic mass is 10.3. The lowest BCUT2D eigenvalue weighted by Gasteiger charge is -2.28. The molecule has 0 saturated carbocycles. The van der Waals surface area contributed by atoms with E-state index in [1.807, 2.05) is 0 Å².